The van der Waals surface area contributed by atoms with Gasteiger partial charge in [0.1, 0.15) is 22.3 Å². The minimum absolute atomic E-state index is 0.815. The van der Waals surface area contributed by atoms with Crippen molar-refractivity contribution in [3.05, 3.63) is 194 Å². The maximum absolute atomic E-state index is 6.79. The molecule has 2 aromatic heterocycles. The van der Waals surface area contributed by atoms with Gasteiger partial charge in [0, 0.05) is 50.3 Å². The third-order valence-corrected chi connectivity index (χ3v) is 10.5. The standard InChI is InChI=1S/C50H32N2O2/c1-5-13-37(14-6-1)51(38-15-7-2-8-16-38)41-23-21-33-29-44-43-25-26-46-49(50(43)54-47(44)31-35(33)27-41)45-30-34-22-24-42(28-36(34)32-48(45)53-46)52(39-17-9-3-10-18-39)40-19-11-4-12-20-40/h1-32H. The van der Waals surface area contributed by atoms with Gasteiger partial charge in [0.2, 0.25) is 0 Å². The number of anilines is 6. The van der Waals surface area contributed by atoms with Gasteiger partial charge in [0.25, 0.3) is 0 Å². The molecule has 0 fully saturated rings. The molecule has 0 saturated heterocycles. The fourth-order valence-corrected chi connectivity index (χ4v) is 8.04. The number of hydrogen-bond donors (Lipinski definition) is 0. The molecular weight excluding hydrogens is 661 g/mol. The van der Waals surface area contributed by atoms with E-state index >= 15 is 0 Å². The second-order valence-corrected chi connectivity index (χ2v) is 13.8. The van der Waals surface area contributed by atoms with Crippen molar-refractivity contribution in [3.63, 3.8) is 0 Å². The predicted molar refractivity (Wildman–Crippen MR) is 225 cm³/mol. The second-order valence-electron chi connectivity index (χ2n) is 13.8. The molecule has 0 unspecified atom stereocenters. The highest BCUT2D eigenvalue weighted by atomic mass is 16.3. The third-order valence-electron chi connectivity index (χ3n) is 10.5. The van der Waals surface area contributed by atoms with Crippen LogP contribution in [-0.4, -0.2) is 0 Å². The van der Waals surface area contributed by atoms with Gasteiger partial charge in [0.05, 0.1) is 5.39 Å². The molecular formula is C50H32N2O2. The van der Waals surface area contributed by atoms with Gasteiger partial charge in [-0.25, -0.2) is 0 Å². The molecule has 0 bridgehead atoms. The zero-order chi connectivity index (χ0) is 35.6. The second kappa shape index (κ2) is 12.1. The first kappa shape index (κ1) is 30.3. The van der Waals surface area contributed by atoms with E-state index in [1.807, 2.05) is 0 Å². The van der Waals surface area contributed by atoms with E-state index in [2.05, 4.69) is 204 Å². The first-order chi connectivity index (χ1) is 26.7. The Morgan fingerprint density at radius 3 is 1.20 bits per heavy atom. The van der Waals surface area contributed by atoms with Gasteiger partial charge in [-0.05, 0) is 131 Å². The number of fused-ring (bicyclic) bond motifs is 9. The summed E-state index contributed by atoms with van der Waals surface area (Å²) in [4.78, 5) is 4.57. The Hall–Kier alpha value is -7.30. The van der Waals surface area contributed by atoms with Crippen molar-refractivity contribution in [2.24, 2.45) is 0 Å². The van der Waals surface area contributed by atoms with Gasteiger partial charge in [-0.15, -0.1) is 0 Å². The van der Waals surface area contributed by atoms with Crippen molar-refractivity contribution >= 4 is 99.5 Å². The van der Waals surface area contributed by atoms with Crippen molar-refractivity contribution in [3.8, 4) is 0 Å². The number of hydrogen-bond acceptors (Lipinski definition) is 4. The van der Waals surface area contributed by atoms with Gasteiger partial charge >= 0.3 is 0 Å². The highest BCUT2D eigenvalue weighted by molar-refractivity contribution is 6.24. The highest BCUT2D eigenvalue weighted by Gasteiger charge is 2.19. The summed E-state index contributed by atoms with van der Waals surface area (Å²) in [5.41, 5.74) is 9.96. The van der Waals surface area contributed by atoms with Crippen molar-refractivity contribution in [1.29, 1.82) is 0 Å². The first-order valence-electron chi connectivity index (χ1n) is 18.2. The smallest absolute Gasteiger partial charge is 0.147 e. The summed E-state index contributed by atoms with van der Waals surface area (Å²) in [5.74, 6) is 0. The first-order valence-corrected chi connectivity index (χ1v) is 18.2. The van der Waals surface area contributed by atoms with Crippen LogP contribution in [0.15, 0.2) is 203 Å². The molecule has 0 atom stereocenters. The molecule has 0 aliphatic carbocycles. The summed E-state index contributed by atoms with van der Waals surface area (Å²) in [6.07, 6.45) is 0. The van der Waals surface area contributed by atoms with Crippen LogP contribution in [0.1, 0.15) is 0 Å². The summed E-state index contributed by atoms with van der Waals surface area (Å²) in [5, 5.41) is 8.76. The minimum atomic E-state index is 0.815. The average molecular weight is 693 g/mol. The molecule has 0 amide bonds. The molecule has 9 aromatic carbocycles. The van der Waals surface area contributed by atoms with E-state index in [1.54, 1.807) is 0 Å². The molecule has 4 heteroatoms. The lowest BCUT2D eigenvalue weighted by Crippen LogP contribution is -2.09. The van der Waals surface area contributed by atoms with Crippen LogP contribution in [-0.2, 0) is 0 Å². The zero-order valence-electron chi connectivity index (χ0n) is 29.2. The van der Waals surface area contributed by atoms with Gasteiger partial charge < -0.3 is 18.6 Å². The van der Waals surface area contributed by atoms with Crippen LogP contribution in [0.5, 0.6) is 0 Å². The summed E-state index contributed by atoms with van der Waals surface area (Å²) >= 11 is 0. The Bertz CT molecular complexity index is 3070. The van der Waals surface area contributed by atoms with Crippen LogP contribution in [0, 0.1) is 0 Å². The van der Waals surface area contributed by atoms with E-state index in [1.165, 1.54) is 0 Å². The molecule has 0 radical (unpaired) electrons. The van der Waals surface area contributed by atoms with Crippen LogP contribution >= 0.6 is 0 Å². The molecule has 54 heavy (non-hydrogen) atoms. The predicted octanol–water partition coefficient (Wildman–Crippen LogP) is 14.7. The summed E-state index contributed by atoms with van der Waals surface area (Å²) in [7, 11) is 0. The molecule has 4 nitrogen and oxygen atoms in total. The van der Waals surface area contributed by atoms with Crippen molar-refractivity contribution < 1.29 is 8.83 Å². The van der Waals surface area contributed by atoms with Crippen molar-refractivity contribution in [1.82, 2.24) is 0 Å². The third kappa shape index (κ3) is 4.92. The molecule has 0 spiro atoms. The lowest BCUT2D eigenvalue weighted by molar-refractivity contribution is 0.663. The normalized spacial score (nSPS) is 11.7. The van der Waals surface area contributed by atoms with Crippen LogP contribution in [0.2, 0.25) is 0 Å². The zero-order valence-corrected chi connectivity index (χ0v) is 29.2. The van der Waals surface area contributed by atoms with E-state index < -0.39 is 0 Å². The van der Waals surface area contributed by atoms with E-state index in [-0.39, 0.29) is 0 Å². The quantitative estimate of drug-likeness (QED) is 0.174. The molecule has 0 aliphatic rings. The van der Waals surface area contributed by atoms with E-state index in [9.17, 15) is 0 Å². The Balaban J connectivity index is 1.04. The topological polar surface area (TPSA) is 32.8 Å². The molecule has 11 rings (SSSR count). The van der Waals surface area contributed by atoms with Gasteiger partial charge in [-0.2, -0.15) is 0 Å². The fraction of sp³-hybridized carbons (Fsp3) is 0. The summed E-state index contributed by atoms with van der Waals surface area (Å²) < 4.78 is 13.3. The average Bonchev–Trinajstić information content (AvgIpc) is 3.78. The minimum Gasteiger partial charge on any atom is -0.456 e. The largest absolute Gasteiger partial charge is 0.456 e. The summed E-state index contributed by atoms with van der Waals surface area (Å²) in [6, 6.07) is 68.4. The molecule has 11 aromatic rings. The maximum Gasteiger partial charge on any atom is 0.147 e. The van der Waals surface area contributed by atoms with Crippen LogP contribution in [0.25, 0.3) is 65.4 Å². The molecule has 0 saturated carbocycles. The Labute approximate surface area is 311 Å². The highest BCUT2D eigenvalue weighted by Crippen LogP contribution is 2.43. The Morgan fingerprint density at radius 2 is 0.722 bits per heavy atom. The van der Waals surface area contributed by atoms with Gasteiger partial charge in [0.15, 0.2) is 0 Å². The lowest BCUT2D eigenvalue weighted by atomic mass is 10.0. The van der Waals surface area contributed by atoms with E-state index in [0.717, 1.165) is 99.5 Å². The summed E-state index contributed by atoms with van der Waals surface area (Å²) in [6.45, 7) is 0. The van der Waals surface area contributed by atoms with E-state index in [0.29, 0.717) is 0 Å². The number of rotatable bonds is 6. The van der Waals surface area contributed by atoms with Gasteiger partial charge in [-0.3, -0.25) is 0 Å². The molecule has 254 valence electrons. The Kier molecular flexibility index (Phi) is 6.82. The SMILES string of the molecule is c1ccc(N(c2ccccc2)c2ccc3cc4c(cc3c2)oc2c4ccc3oc4cc5cc(N(c6ccccc6)c6ccccc6)ccc5cc4c32)cc1. The number of nitrogens with zero attached hydrogens (tertiary/aromatic N) is 2. The van der Waals surface area contributed by atoms with Crippen LogP contribution in [0.3, 0.4) is 0 Å². The van der Waals surface area contributed by atoms with E-state index in [4.69, 9.17) is 8.83 Å². The van der Waals surface area contributed by atoms with Gasteiger partial charge in [-0.1, -0.05) is 84.9 Å². The number of benzene rings is 9. The van der Waals surface area contributed by atoms with Crippen LogP contribution in [0.4, 0.5) is 34.1 Å². The lowest BCUT2D eigenvalue weighted by Gasteiger charge is -2.25. The van der Waals surface area contributed by atoms with Crippen molar-refractivity contribution in [2.75, 3.05) is 9.80 Å². The van der Waals surface area contributed by atoms with Crippen molar-refractivity contribution in [2.45, 2.75) is 0 Å². The molecule has 2 heterocycles. The Morgan fingerprint density at radius 1 is 0.278 bits per heavy atom. The fourth-order valence-electron chi connectivity index (χ4n) is 8.04. The molecule has 0 N–H and O–H groups in total. The van der Waals surface area contributed by atoms with Crippen LogP contribution < -0.4 is 9.80 Å². The number of furan rings is 2. The maximum atomic E-state index is 6.79. The number of para-hydroxylation sites is 4. The monoisotopic (exact) mass is 692 g/mol. The molecule has 0 aliphatic heterocycles.